The maximum atomic E-state index is 11.5. The minimum absolute atomic E-state index is 0. The number of carbonyl (C=O) groups is 1. The monoisotopic (exact) mass is 356 g/mol. The maximum Gasteiger partial charge on any atom is 0.337 e. The Bertz CT molecular complexity index is 621. The predicted octanol–water partition coefficient (Wildman–Crippen LogP) is 3.50. The van der Waals surface area contributed by atoms with E-state index in [9.17, 15) is 9.90 Å². The fourth-order valence-corrected chi connectivity index (χ4v) is 2.48. The van der Waals surface area contributed by atoms with Crippen molar-refractivity contribution in [1.29, 1.82) is 0 Å². The Hall–Kier alpha value is -1.75. The van der Waals surface area contributed by atoms with Gasteiger partial charge in [-0.2, -0.15) is 0 Å². The molecule has 126 valence electrons. The molecular formula is C17H22Cl2N2O2. The third-order valence-corrected chi connectivity index (χ3v) is 3.40. The first kappa shape index (κ1) is 21.2. The predicted molar refractivity (Wildman–Crippen MR) is 99.2 cm³/mol. The number of carboxylic acids is 1. The molecule has 23 heavy (non-hydrogen) atoms. The second-order valence-electron chi connectivity index (χ2n) is 4.97. The highest BCUT2D eigenvalue weighted by atomic mass is 35.5. The summed E-state index contributed by atoms with van der Waals surface area (Å²) in [6.07, 6.45) is 0. The van der Waals surface area contributed by atoms with Gasteiger partial charge < -0.3 is 15.7 Å². The molecule has 0 spiro atoms. The van der Waals surface area contributed by atoms with E-state index < -0.39 is 5.97 Å². The van der Waals surface area contributed by atoms with Gasteiger partial charge in [0.25, 0.3) is 0 Å². The lowest BCUT2D eigenvalue weighted by Gasteiger charge is -2.27. The van der Waals surface area contributed by atoms with Crippen LogP contribution in [0.1, 0.15) is 21.5 Å². The van der Waals surface area contributed by atoms with Crippen molar-refractivity contribution in [3.05, 3.63) is 65.2 Å². The van der Waals surface area contributed by atoms with E-state index in [0.29, 0.717) is 25.2 Å². The quantitative estimate of drug-likeness (QED) is 0.830. The van der Waals surface area contributed by atoms with Gasteiger partial charge in [0.05, 0.1) is 11.3 Å². The molecule has 4 nitrogen and oxygen atoms in total. The molecule has 6 heteroatoms. The van der Waals surface area contributed by atoms with Gasteiger partial charge in [-0.05, 0) is 24.1 Å². The molecule has 2 rings (SSSR count). The number of hydrogen-bond acceptors (Lipinski definition) is 3. The van der Waals surface area contributed by atoms with E-state index in [1.54, 1.807) is 12.1 Å². The van der Waals surface area contributed by atoms with Crippen LogP contribution >= 0.6 is 24.8 Å². The lowest BCUT2D eigenvalue weighted by Crippen LogP contribution is -2.31. The summed E-state index contributed by atoms with van der Waals surface area (Å²) in [4.78, 5) is 13.5. The van der Waals surface area contributed by atoms with Gasteiger partial charge in [-0.15, -0.1) is 24.8 Å². The molecular weight excluding hydrogens is 335 g/mol. The van der Waals surface area contributed by atoms with Crippen LogP contribution in [-0.2, 0) is 6.54 Å². The SMILES string of the molecule is Cc1cccc(C(=O)O)c1N(CCN)Cc1ccccc1.Cl.Cl. The largest absolute Gasteiger partial charge is 0.478 e. The molecule has 2 aromatic rings. The van der Waals surface area contributed by atoms with Gasteiger partial charge in [0, 0.05) is 19.6 Å². The Morgan fingerprint density at radius 1 is 1.09 bits per heavy atom. The van der Waals surface area contributed by atoms with Crippen molar-refractivity contribution in [2.24, 2.45) is 5.73 Å². The Morgan fingerprint density at radius 3 is 2.30 bits per heavy atom. The first-order chi connectivity index (χ1) is 10.1. The first-order valence-electron chi connectivity index (χ1n) is 6.95. The number of rotatable bonds is 6. The molecule has 0 bridgehead atoms. The number of nitrogens with two attached hydrogens (primary N) is 1. The summed E-state index contributed by atoms with van der Waals surface area (Å²) in [5, 5.41) is 9.42. The third kappa shape index (κ3) is 5.43. The van der Waals surface area contributed by atoms with Crippen molar-refractivity contribution in [3.63, 3.8) is 0 Å². The Balaban J connectivity index is 0.00000242. The number of carboxylic acid groups (broad SMARTS) is 1. The number of para-hydroxylation sites is 1. The molecule has 3 N–H and O–H groups in total. The smallest absolute Gasteiger partial charge is 0.337 e. The summed E-state index contributed by atoms with van der Waals surface area (Å²) in [5.41, 5.74) is 8.85. The molecule has 0 aliphatic rings. The maximum absolute atomic E-state index is 11.5. The molecule has 0 radical (unpaired) electrons. The van der Waals surface area contributed by atoms with Gasteiger partial charge >= 0.3 is 5.97 Å². The second-order valence-corrected chi connectivity index (χ2v) is 4.97. The van der Waals surface area contributed by atoms with E-state index in [1.807, 2.05) is 48.2 Å². The van der Waals surface area contributed by atoms with Crippen molar-refractivity contribution in [1.82, 2.24) is 0 Å². The van der Waals surface area contributed by atoms with Crippen LogP contribution in [0.4, 0.5) is 5.69 Å². The Labute approximate surface area is 149 Å². The van der Waals surface area contributed by atoms with Crippen molar-refractivity contribution < 1.29 is 9.90 Å². The minimum atomic E-state index is -0.913. The van der Waals surface area contributed by atoms with Crippen molar-refractivity contribution in [2.45, 2.75) is 13.5 Å². The molecule has 0 heterocycles. The topological polar surface area (TPSA) is 66.6 Å². The molecule has 0 fully saturated rings. The number of aryl methyl sites for hydroxylation is 1. The fourth-order valence-electron chi connectivity index (χ4n) is 2.48. The molecule has 0 atom stereocenters. The highest BCUT2D eigenvalue weighted by molar-refractivity contribution is 5.95. The van der Waals surface area contributed by atoms with Gasteiger partial charge in [-0.25, -0.2) is 4.79 Å². The van der Waals surface area contributed by atoms with Crippen LogP contribution in [0.3, 0.4) is 0 Å². The van der Waals surface area contributed by atoms with Crippen LogP contribution in [-0.4, -0.2) is 24.2 Å². The zero-order chi connectivity index (χ0) is 15.2. The van der Waals surface area contributed by atoms with E-state index in [0.717, 1.165) is 16.8 Å². The van der Waals surface area contributed by atoms with Crippen LogP contribution in [0.25, 0.3) is 0 Å². The molecule has 2 aromatic carbocycles. The number of aromatic carboxylic acids is 1. The van der Waals surface area contributed by atoms with Gasteiger partial charge in [0.1, 0.15) is 0 Å². The third-order valence-electron chi connectivity index (χ3n) is 3.40. The molecule has 0 aromatic heterocycles. The van der Waals surface area contributed by atoms with Crippen LogP contribution in [0.15, 0.2) is 48.5 Å². The van der Waals surface area contributed by atoms with Crippen molar-refractivity contribution in [3.8, 4) is 0 Å². The highest BCUT2D eigenvalue weighted by Crippen LogP contribution is 2.26. The highest BCUT2D eigenvalue weighted by Gasteiger charge is 2.18. The summed E-state index contributed by atoms with van der Waals surface area (Å²) in [7, 11) is 0. The van der Waals surface area contributed by atoms with E-state index >= 15 is 0 Å². The number of anilines is 1. The molecule has 0 aliphatic carbocycles. The molecule has 0 saturated heterocycles. The Morgan fingerprint density at radius 2 is 1.74 bits per heavy atom. The van der Waals surface area contributed by atoms with Gasteiger partial charge in [0.2, 0.25) is 0 Å². The van der Waals surface area contributed by atoms with Gasteiger partial charge in [0.15, 0.2) is 0 Å². The van der Waals surface area contributed by atoms with Gasteiger partial charge in [-0.1, -0.05) is 42.5 Å². The lowest BCUT2D eigenvalue weighted by molar-refractivity contribution is 0.0697. The number of halogens is 2. The van der Waals surface area contributed by atoms with Crippen LogP contribution in [0.2, 0.25) is 0 Å². The van der Waals surface area contributed by atoms with Crippen molar-refractivity contribution in [2.75, 3.05) is 18.0 Å². The summed E-state index contributed by atoms with van der Waals surface area (Å²) in [6, 6.07) is 15.3. The van der Waals surface area contributed by atoms with Crippen LogP contribution < -0.4 is 10.6 Å². The van der Waals surface area contributed by atoms with E-state index in [-0.39, 0.29) is 24.8 Å². The summed E-state index contributed by atoms with van der Waals surface area (Å²) in [6.45, 7) is 3.65. The number of hydrogen-bond donors (Lipinski definition) is 2. The summed E-state index contributed by atoms with van der Waals surface area (Å²) in [5.74, 6) is -0.913. The number of nitrogens with zero attached hydrogens (tertiary/aromatic N) is 1. The zero-order valence-corrected chi connectivity index (χ0v) is 14.6. The van der Waals surface area contributed by atoms with E-state index in [1.165, 1.54) is 0 Å². The standard InChI is InChI=1S/C17H20N2O2.2ClH/c1-13-6-5-9-15(17(20)21)16(13)19(11-10-18)12-14-7-3-2-4-8-14;;/h2-9H,10-12,18H2,1H3,(H,20,21);2*1H. The second kappa shape index (κ2) is 10.1. The van der Waals surface area contributed by atoms with Gasteiger partial charge in [-0.3, -0.25) is 0 Å². The average molecular weight is 357 g/mol. The normalized spacial score (nSPS) is 9.48. The Kier molecular flexibility index (Phi) is 9.34. The number of benzene rings is 2. The van der Waals surface area contributed by atoms with Crippen molar-refractivity contribution >= 4 is 36.5 Å². The van der Waals surface area contributed by atoms with Crippen LogP contribution in [0, 0.1) is 6.92 Å². The minimum Gasteiger partial charge on any atom is -0.478 e. The molecule has 0 unspecified atom stereocenters. The summed E-state index contributed by atoms with van der Waals surface area (Å²) >= 11 is 0. The molecule has 0 saturated carbocycles. The van der Waals surface area contributed by atoms with Crippen LogP contribution in [0.5, 0.6) is 0 Å². The lowest BCUT2D eigenvalue weighted by atomic mass is 10.1. The summed E-state index contributed by atoms with van der Waals surface area (Å²) < 4.78 is 0. The first-order valence-corrected chi connectivity index (χ1v) is 6.95. The average Bonchev–Trinajstić information content (AvgIpc) is 2.47. The molecule has 0 amide bonds. The fraction of sp³-hybridized carbons (Fsp3) is 0.235. The zero-order valence-electron chi connectivity index (χ0n) is 12.9. The van der Waals surface area contributed by atoms with E-state index in [2.05, 4.69) is 0 Å². The van der Waals surface area contributed by atoms with E-state index in [4.69, 9.17) is 5.73 Å². The molecule has 0 aliphatic heterocycles.